The van der Waals surface area contributed by atoms with Crippen LogP contribution in [0.15, 0.2) is 29.1 Å². The van der Waals surface area contributed by atoms with Gasteiger partial charge in [-0.1, -0.05) is 31.4 Å². The van der Waals surface area contributed by atoms with Crippen LogP contribution in [0.5, 0.6) is 0 Å². The van der Waals surface area contributed by atoms with Gasteiger partial charge in [-0.05, 0) is 30.5 Å². The molecule has 0 radical (unpaired) electrons. The van der Waals surface area contributed by atoms with E-state index in [1.807, 2.05) is 0 Å². The first-order chi connectivity index (χ1) is 14.0. The van der Waals surface area contributed by atoms with E-state index >= 15 is 0 Å². The molecule has 1 N–H and O–H groups in total. The number of hydrogen-bond acceptors (Lipinski definition) is 4. The van der Waals surface area contributed by atoms with Crippen molar-refractivity contribution in [2.45, 2.75) is 57.8 Å². The first-order valence-electron chi connectivity index (χ1n) is 10.0. The Morgan fingerprint density at radius 3 is 2.72 bits per heavy atom. The summed E-state index contributed by atoms with van der Waals surface area (Å²) in [7, 11) is 0. The minimum absolute atomic E-state index is 0.0168. The lowest BCUT2D eigenvalue weighted by Crippen LogP contribution is -2.43. The topological polar surface area (TPSA) is 89.2 Å². The average molecular weight is 401 g/mol. The fourth-order valence-corrected chi connectivity index (χ4v) is 4.03. The van der Waals surface area contributed by atoms with Crippen molar-refractivity contribution in [3.05, 3.63) is 52.0 Å². The smallest absolute Gasteiger partial charge is 0.346 e. The van der Waals surface area contributed by atoms with Crippen molar-refractivity contribution in [3.63, 3.8) is 0 Å². The third-order valence-corrected chi connectivity index (χ3v) is 5.52. The van der Waals surface area contributed by atoms with Crippen LogP contribution in [0.2, 0.25) is 0 Å². The highest BCUT2D eigenvalue weighted by molar-refractivity contribution is 5.91. The number of nitrogens with one attached hydrogen (secondary N) is 1. The molecule has 2 heterocycles. The van der Waals surface area contributed by atoms with E-state index in [2.05, 4.69) is 10.4 Å². The van der Waals surface area contributed by atoms with Crippen molar-refractivity contribution in [3.8, 4) is 0 Å². The number of carbonyl (C=O) groups is 2. The zero-order valence-electron chi connectivity index (χ0n) is 16.1. The summed E-state index contributed by atoms with van der Waals surface area (Å²) >= 11 is 0. The summed E-state index contributed by atoms with van der Waals surface area (Å²) < 4.78 is 15.8. The number of aromatic nitrogens is 3. The van der Waals surface area contributed by atoms with Gasteiger partial charge in [0, 0.05) is 25.7 Å². The van der Waals surface area contributed by atoms with Gasteiger partial charge < -0.3 is 10.2 Å². The predicted octanol–water partition coefficient (Wildman–Crippen LogP) is 1.29. The Morgan fingerprint density at radius 1 is 1.17 bits per heavy atom. The Bertz CT molecular complexity index is 977. The number of amides is 2. The van der Waals surface area contributed by atoms with Crippen molar-refractivity contribution in [2.75, 3.05) is 6.54 Å². The van der Waals surface area contributed by atoms with Crippen LogP contribution in [0.4, 0.5) is 4.39 Å². The van der Waals surface area contributed by atoms with Crippen LogP contribution in [-0.2, 0) is 24.4 Å². The SMILES string of the molecule is O=C(Cn1nc2n(c1=O)CCN(Cc1cccc(F)c1)C2=O)NC1CCCCC1. The normalized spacial score (nSPS) is 17.3. The van der Waals surface area contributed by atoms with Gasteiger partial charge in [0.05, 0.1) is 0 Å². The summed E-state index contributed by atoms with van der Waals surface area (Å²) in [5.41, 5.74) is 0.206. The number of rotatable bonds is 5. The second kappa shape index (κ2) is 8.18. The first-order valence-corrected chi connectivity index (χ1v) is 10.0. The third kappa shape index (κ3) is 4.23. The van der Waals surface area contributed by atoms with E-state index in [1.54, 1.807) is 12.1 Å². The second-order valence-electron chi connectivity index (χ2n) is 7.67. The molecule has 1 saturated carbocycles. The number of carbonyl (C=O) groups excluding carboxylic acids is 2. The number of hydrogen-bond donors (Lipinski definition) is 1. The molecule has 1 aromatic carbocycles. The van der Waals surface area contributed by atoms with Gasteiger partial charge in [-0.15, -0.1) is 5.10 Å². The van der Waals surface area contributed by atoms with Gasteiger partial charge in [0.15, 0.2) is 0 Å². The Labute approximate surface area is 167 Å². The van der Waals surface area contributed by atoms with Crippen molar-refractivity contribution >= 4 is 11.8 Å². The van der Waals surface area contributed by atoms with Gasteiger partial charge in [-0.3, -0.25) is 14.2 Å². The standard InChI is InChI=1S/C20H24FN5O3/c21-15-6-4-5-14(11-15)12-24-9-10-25-18(19(24)28)23-26(20(25)29)13-17(27)22-16-7-2-1-3-8-16/h4-6,11,16H,1-3,7-10,12-13H2,(H,22,27). The average Bonchev–Trinajstić information content (AvgIpc) is 3.01. The maximum atomic E-state index is 13.4. The number of nitrogens with zero attached hydrogens (tertiary/aromatic N) is 4. The molecule has 0 atom stereocenters. The van der Waals surface area contributed by atoms with Crippen LogP contribution in [-0.4, -0.2) is 43.6 Å². The van der Waals surface area contributed by atoms with E-state index in [9.17, 15) is 18.8 Å². The summed E-state index contributed by atoms with van der Waals surface area (Å²) in [4.78, 5) is 39.2. The van der Waals surface area contributed by atoms with Crippen molar-refractivity contribution in [1.82, 2.24) is 24.6 Å². The fraction of sp³-hybridized carbons (Fsp3) is 0.500. The quantitative estimate of drug-likeness (QED) is 0.818. The van der Waals surface area contributed by atoms with Crippen LogP contribution in [0, 0.1) is 5.82 Å². The van der Waals surface area contributed by atoms with Crippen LogP contribution in [0.3, 0.4) is 0 Å². The number of fused-ring (bicyclic) bond motifs is 1. The molecular formula is C20H24FN5O3. The van der Waals surface area contributed by atoms with E-state index in [4.69, 9.17) is 0 Å². The first kappa shape index (κ1) is 19.4. The molecule has 1 aromatic heterocycles. The van der Waals surface area contributed by atoms with Gasteiger partial charge >= 0.3 is 5.69 Å². The summed E-state index contributed by atoms with van der Waals surface area (Å²) in [6.07, 6.45) is 5.29. The molecule has 29 heavy (non-hydrogen) atoms. The van der Waals surface area contributed by atoms with Crippen molar-refractivity contribution < 1.29 is 14.0 Å². The maximum absolute atomic E-state index is 13.4. The van der Waals surface area contributed by atoms with E-state index in [1.165, 1.54) is 28.0 Å². The van der Waals surface area contributed by atoms with Gasteiger partial charge in [0.2, 0.25) is 11.7 Å². The Kier molecular flexibility index (Phi) is 5.46. The lowest BCUT2D eigenvalue weighted by Gasteiger charge is -2.26. The molecule has 9 heteroatoms. The van der Waals surface area contributed by atoms with Gasteiger partial charge in [0.1, 0.15) is 12.4 Å². The Hall–Kier alpha value is -2.97. The summed E-state index contributed by atoms with van der Waals surface area (Å²) in [6, 6.07) is 6.20. The van der Waals surface area contributed by atoms with Crippen LogP contribution in [0.25, 0.3) is 0 Å². The predicted molar refractivity (Wildman–Crippen MR) is 103 cm³/mol. The zero-order chi connectivity index (χ0) is 20.4. The lowest BCUT2D eigenvalue weighted by molar-refractivity contribution is -0.122. The van der Waals surface area contributed by atoms with Crippen molar-refractivity contribution in [2.24, 2.45) is 0 Å². The van der Waals surface area contributed by atoms with Crippen LogP contribution < -0.4 is 11.0 Å². The van der Waals surface area contributed by atoms with Crippen LogP contribution >= 0.6 is 0 Å². The molecule has 4 rings (SSSR count). The summed E-state index contributed by atoms with van der Waals surface area (Å²) in [5, 5.41) is 7.07. The molecule has 0 spiro atoms. The summed E-state index contributed by atoms with van der Waals surface area (Å²) in [5.74, 6) is -1.01. The molecular weight excluding hydrogens is 377 g/mol. The van der Waals surface area contributed by atoms with E-state index in [-0.39, 0.29) is 36.7 Å². The van der Waals surface area contributed by atoms with Gasteiger partial charge in [0.25, 0.3) is 5.91 Å². The van der Waals surface area contributed by atoms with Crippen LogP contribution in [0.1, 0.15) is 48.3 Å². The van der Waals surface area contributed by atoms with Crippen molar-refractivity contribution in [1.29, 1.82) is 0 Å². The molecule has 2 aliphatic rings. The highest BCUT2D eigenvalue weighted by Gasteiger charge is 2.30. The molecule has 154 valence electrons. The third-order valence-electron chi connectivity index (χ3n) is 5.52. The highest BCUT2D eigenvalue weighted by Crippen LogP contribution is 2.17. The van der Waals surface area contributed by atoms with E-state index < -0.39 is 11.6 Å². The molecule has 1 fully saturated rings. The van der Waals surface area contributed by atoms with E-state index in [0.29, 0.717) is 18.7 Å². The highest BCUT2D eigenvalue weighted by atomic mass is 19.1. The minimum Gasteiger partial charge on any atom is -0.352 e. The Balaban J connectivity index is 1.45. The minimum atomic E-state index is -0.461. The second-order valence-corrected chi connectivity index (χ2v) is 7.67. The largest absolute Gasteiger partial charge is 0.352 e. The number of benzene rings is 1. The maximum Gasteiger partial charge on any atom is 0.346 e. The van der Waals surface area contributed by atoms with E-state index in [0.717, 1.165) is 30.4 Å². The number of halogens is 1. The molecule has 1 aliphatic carbocycles. The lowest BCUT2D eigenvalue weighted by atomic mass is 9.95. The molecule has 0 bridgehead atoms. The zero-order valence-corrected chi connectivity index (χ0v) is 16.1. The molecule has 2 amide bonds. The van der Waals surface area contributed by atoms with Gasteiger partial charge in [-0.2, -0.15) is 0 Å². The Morgan fingerprint density at radius 2 is 1.97 bits per heavy atom. The molecule has 1 aliphatic heterocycles. The summed E-state index contributed by atoms with van der Waals surface area (Å²) in [6.45, 7) is 0.647. The monoisotopic (exact) mass is 401 g/mol. The van der Waals surface area contributed by atoms with Gasteiger partial charge in [-0.25, -0.2) is 13.9 Å². The molecule has 8 nitrogen and oxygen atoms in total. The fourth-order valence-electron chi connectivity index (χ4n) is 4.03. The molecule has 0 unspecified atom stereocenters. The molecule has 2 aromatic rings. The molecule has 0 saturated heterocycles.